The van der Waals surface area contributed by atoms with Crippen LogP contribution < -0.4 is 15.5 Å². The van der Waals surface area contributed by atoms with Crippen LogP contribution in [0.4, 0.5) is 16.2 Å². The zero-order valence-electron chi connectivity index (χ0n) is 20.8. The number of nitrogens with zero attached hydrogens (tertiary/aromatic N) is 2. The molecule has 2 heterocycles. The second-order valence-electron chi connectivity index (χ2n) is 9.94. The summed E-state index contributed by atoms with van der Waals surface area (Å²) in [5.41, 5.74) is 3.52. The van der Waals surface area contributed by atoms with E-state index in [0.29, 0.717) is 27.2 Å². The lowest BCUT2D eigenvalue weighted by Gasteiger charge is -2.47. The van der Waals surface area contributed by atoms with Crippen LogP contribution in [0.15, 0.2) is 42.1 Å². The number of imide groups is 1. The first kappa shape index (κ1) is 26.0. The van der Waals surface area contributed by atoms with E-state index in [0.717, 1.165) is 35.5 Å². The molecule has 4 amide bonds. The van der Waals surface area contributed by atoms with Gasteiger partial charge in [0, 0.05) is 33.5 Å². The first-order valence-electron chi connectivity index (χ1n) is 12.0. The lowest BCUT2D eigenvalue weighted by molar-refractivity contribution is -0.127. The number of halogens is 2. The summed E-state index contributed by atoms with van der Waals surface area (Å²) in [4.78, 5) is 41.2. The zero-order chi connectivity index (χ0) is 26.2. The molecule has 1 fully saturated rings. The molecule has 0 radical (unpaired) electrons. The topological polar surface area (TPSA) is 81.8 Å². The third-order valence-corrected chi connectivity index (χ3v) is 7.22. The quantitative estimate of drug-likeness (QED) is 0.354. The number of benzene rings is 2. The van der Waals surface area contributed by atoms with E-state index in [4.69, 9.17) is 23.2 Å². The number of nitrogens with one attached hydrogen (secondary N) is 2. The smallest absolute Gasteiger partial charge is 0.329 e. The number of urea groups is 1. The Labute approximate surface area is 221 Å². The van der Waals surface area contributed by atoms with E-state index in [1.54, 1.807) is 30.3 Å². The molecule has 36 heavy (non-hydrogen) atoms. The van der Waals surface area contributed by atoms with Crippen molar-refractivity contribution in [3.8, 4) is 0 Å². The van der Waals surface area contributed by atoms with Crippen LogP contribution in [0, 0.1) is 0 Å². The molecule has 0 aromatic heterocycles. The molecule has 2 aliphatic rings. The van der Waals surface area contributed by atoms with Gasteiger partial charge in [-0.2, -0.15) is 0 Å². The minimum Gasteiger partial charge on any atom is -0.366 e. The van der Waals surface area contributed by atoms with Gasteiger partial charge in [0.1, 0.15) is 12.2 Å². The van der Waals surface area contributed by atoms with Crippen molar-refractivity contribution in [3.05, 3.63) is 63.3 Å². The largest absolute Gasteiger partial charge is 0.366 e. The van der Waals surface area contributed by atoms with Gasteiger partial charge < -0.3 is 15.5 Å². The molecule has 1 atom stereocenters. The van der Waals surface area contributed by atoms with Crippen LogP contribution in [-0.2, 0) is 9.59 Å². The first-order valence-corrected chi connectivity index (χ1v) is 12.8. The Morgan fingerprint density at radius 2 is 1.89 bits per heavy atom. The van der Waals surface area contributed by atoms with Gasteiger partial charge in [-0.3, -0.25) is 9.59 Å². The fourth-order valence-corrected chi connectivity index (χ4v) is 5.36. The molecule has 4 rings (SSSR count). The van der Waals surface area contributed by atoms with Gasteiger partial charge in [0.25, 0.3) is 5.91 Å². The molecule has 0 spiro atoms. The zero-order valence-corrected chi connectivity index (χ0v) is 22.3. The second-order valence-corrected chi connectivity index (χ2v) is 10.8. The van der Waals surface area contributed by atoms with E-state index >= 15 is 0 Å². The number of carbonyl (C=O) groups is 3. The molecule has 0 saturated carbocycles. The van der Waals surface area contributed by atoms with E-state index in [-0.39, 0.29) is 11.2 Å². The van der Waals surface area contributed by atoms with Gasteiger partial charge in [-0.1, -0.05) is 37.0 Å². The predicted octanol–water partition coefficient (Wildman–Crippen LogP) is 6.03. The van der Waals surface area contributed by atoms with Crippen molar-refractivity contribution in [2.75, 3.05) is 23.3 Å². The van der Waals surface area contributed by atoms with Gasteiger partial charge in [-0.05, 0) is 86.2 Å². The number of hydrogen-bond acceptors (Lipinski definition) is 4. The number of rotatable bonds is 6. The monoisotopic (exact) mass is 528 g/mol. The van der Waals surface area contributed by atoms with Gasteiger partial charge in [0.05, 0.1) is 0 Å². The minimum atomic E-state index is -0.657. The van der Waals surface area contributed by atoms with E-state index in [1.807, 2.05) is 12.1 Å². The summed E-state index contributed by atoms with van der Waals surface area (Å²) in [6.45, 7) is 9.35. The van der Waals surface area contributed by atoms with Crippen molar-refractivity contribution in [1.82, 2.24) is 10.2 Å². The Morgan fingerprint density at radius 1 is 1.19 bits per heavy atom. The molecule has 2 aliphatic heterocycles. The molecule has 2 aromatic rings. The lowest BCUT2D eigenvalue weighted by atomic mass is 9.79. The maximum Gasteiger partial charge on any atom is 0.329 e. The van der Waals surface area contributed by atoms with E-state index in [1.165, 1.54) is 0 Å². The molecule has 7 nitrogen and oxygen atoms in total. The maximum absolute atomic E-state index is 13.0. The van der Waals surface area contributed by atoms with E-state index in [9.17, 15) is 14.4 Å². The molecule has 1 unspecified atom stereocenters. The van der Waals surface area contributed by atoms with Crippen molar-refractivity contribution < 1.29 is 14.4 Å². The van der Waals surface area contributed by atoms with Crippen LogP contribution in [0.5, 0.6) is 0 Å². The molecule has 9 heteroatoms. The third kappa shape index (κ3) is 5.22. The van der Waals surface area contributed by atoms with Crippen LogP contribution >= 0.6 is 23.2 Å². The van der Waals surface area contributed by atoms with E-state index < -0.39 is 24.4 Å². The van der Waals surface area contributed by atoms with Crippen LogP contribution in [0.1, 0.15) is 57.6 Å². The van der Waals surface area contributed by atoms with Gasteiger partial charge in [-0.15, -0.1) is 0 Å². The molecule has 2 N–H and O–H groups in total. The van der Waals surface area contributed by atoms with Gasteiger partial charge in [0.2, 0.25) is 5.91 Å². The molecule has 0 bridgehead atoms. The summed E-state index contributed by atoms with van der Waals surface area (Å²) >= 11 is 12.5. The first-order chi connectivity index (χ1) is 17.0. The highest BCUT2D eigenvalue weighted by atomic mass is 35.5. The molecule has 190 valence electrons. The fraction of sp³-hybridized carbons (Fsp3) is 0.370. The van der Waals surface area contributed by atoms with Crippen molar-refractivity contribution >= 4 is 58.5 Å². The molecular weight excluding hydrogens is 499 g/mol. The summed E-state index contributed by atoms with van der Waals surface area (Å²) in [6, 6.07) is 9.85. The molecule has 1 saturated heterocycles. The SMILES string of the molecule is CCCN1c2cc(Cl)c(/C=C3/NC(=O)N(CC(=O)Nc4ccc(Cl)cc4)C3=O)cc2C(C)CC1(C)C. The van der Waals surface area contributed by atoms with E-state index in [2.05, 4.69) is 43.2 Å². The summed E-state index contributed by atoms with van der Waals surface area (Å²) < 4.78 is 0. The van der Waals surface area contributed by atoms with Gasteiger partial charge in [0.15, 0.2) is 0 Å². The Hall–Kier alpha value is -3.03. The summed E-state index contributed by atoms with van der Waals surface area (Å²) in [5.74, 6) is -0.775. The molecule has 2 aromatic carbocycles. The average Bonchev–Trinajstić information content (AvgIpc) is 3.06. The standard InChI is InChI=1S/C27H30Cl2N4O3/c1-5-10-33-23-13-21(29)17(11-20(23)16(2)14-27(33,3)4)12-22-25(35)32(26(36)31-22)15-24(34)30-19-8-6-18(28)7-9-19/h6-9,11-13,16H,5,10,14-15H2,1-4H3,(H,30,34)(H,31,36)/b22-12+. The highest BCUT2D eigenvalue weighted by Gasteiger charge is 2.37. The fourth-order valence-electron chi connectivity index (χ4n) is 5.03. The number of hydrogen-bond donors (Lipinski definition) is 2. The normalized spacial score (nSPS) is 19.9. The lowest BCUT2D eigenvalue weighted by Crippen LogP contribution is -2.48. The predicted molar refractivity (Wildman–Crippen MR) is 145 cm³/mol. The summed E-state index contributed by atoms with van der Waals surface area (Å²) in [6.07, 6.45) is 3.59. The van der Waals surface area contributed by atoms with Crippen LogP contribution in [0.2, 0.25) is 10.0 Å². The van der Waals surface area contributed by atoms with Crippen LogP contribution in [0.3, 0.4) is 0 Å². The van der Waals surface area contributed by atoms with Crippen molar-refractivity contribution in [2.24, 2.45) is 0 Å². The Kier molecular flexibility index (Phi) is 7.34. The summed E-state index contributed by atoms with van der Waals surface area (Å²) in [5, 5.41) is 6.26. The third-order valence-electron chi connectivity index (χ3n) is 6.64. The van der Waals surface area contributed by atoms with Gasteiger partial charge >= 0.3 is 6.03 Å². The highest BCUT2D eigenvalue weighted by Crippen LogP contribution is 2.45. The number of fused-ring (bicyclic) bond motifs is 1. The Bertz CT molecular complexity index is 1240. The number of carbonyl (C=O) groups excluding carboxylic acids is 3. The van der Waals surface area contributed by atoms with Gasteiger partial charge in [-0.25, -0.2) is 9.69 Å². The number of anilines is 2. The average molecular weight is 529 g/mol. The summed E-state index contributed by atoms with van der Waals surface area (Å²) in [7, 11) is 0. The van der Waals surface area contributed by atoms with Crippen molar-refractivity contribution in [2.45, 2.75) is 52.0 Å². The van der Waals surface area contributed by atoms with Crippen LogP contribution in [0.25, 0.3) is 6.08 Å². The highest BCUT2D eigenvalue weighted by molar-refractivity contribution is 6.32. The van der Waals surface area contributed by atoms with Crippen molar-refractivity contribution in [3.63, 3.8) is 0 Å². The molecular formula is C27H30Cl2N4O3. The number of amides is 4. The Balaban J connectivity index is 1.55. The van der Waals surface area contributed by atoms with Crippen LogP contribution in [-0.4, -0.2) is 41.4 Å². The van der Waals surface area contributed by atoms with Crippen molar-refractivity contribution in [1.29, 1.82) is 0 Å². The minimum absolute atomic E-state index is 0.00815. The molecule has 0 aliphatic carbocycles. The second kappa shape index (κ2) is 10.1. The maximum atomic E-state index is 13.0. The Morgan fingerprint density at radius 3 is 2.56 bits per heavy atom.